The average Bonchev–Trinajstić information content (AvgIpc) is 2.35. The van der Waals surface area contributed by atoms with Gasteiger partial charge in [-0.15, -0.1) is 0 Å². The van der Waals surface area contributed by atoms with Crippen LogP contribution in [0.25, 0.3) is 0 Å². The Morgan fingerprint density at radius 3 is 2.47 bits per heavy atom. The van der Waals surface area contributed by atoms with Crippen molar-refractivity contribution in [3.63, 3.8) is 0 Å². The van der Waals surface area contributed by atoms with Crippen LogP contribution in [0.15, 0.2) is 0 Å². The predicted molar refractivity (Wildman–Crippen MR) is 88.7 cm³/mol. The van der Waals surface area contributed by atoms with Crippen LogP contribution in [0, 0.1) is 8.99 Å². The maximum atomic E-state index is 6.27. The Morgan fingerprint density at radius 2 is 1.89 bits per heavy atom. The molecule has 1 aromatic rings. The number of nitrogens with zero attached hydrogens (tertiary/aromatic N) is 2. The molecule has 0 aliphatic heterocycles. The minimum atomic E-state index is 0.482. The van der Waals surface area contributed by atoms with Crippen LogP contribution in [0.3, 0.4) is 0 Å². The molecule has 0 saturated heterocycles. The molecule has 1 aliphatic carbocycles. The second-order valence-corrected chi connectivity index (χ2v) is 7.76. The van der Waals surface area contributed by atoms with Gasteiger partial charge in [-0.1, -0.05) is 38.8 Å². The maximum absolute atomic E-state index is 6.27. The number of halogens is 2. The second-order valence-electron chi connectivity index (χ2n) is 6.32. The summed E-state index contributed by atoms with van der Waals surface area (Å²) in [5, 5.41) is 0.638. The molecule has 4 heteroatoms. The summed E-state index contributed by atoms with van der Waals surface area (Å²) in [6.07, 6.45) is 6.98. The summed E-state index contributed by atoms with van der Waals surface area (Å²) in [4.78, 5) is 9.33. The molecule has 0 unspecified atom stereocenters. The highest BCUT2D eigenvalue weighted by atomic mass is 127. The lowest BCUT2D eigenvalue weighted by molar-refractivity contribution is 0.220. The zero-order chi connectivity index (χ0) is 14.0. The standard InChI is InChI=1S/C15H22ClIN2/c1-4-5-11-12(17)13(16)19-14(18-11)10-6-8-15(2,3)9-7-10/h10H,4-9H2,1-3H3. The van der Waals surface area contributed by atoms with Gasteiger partial charge in [0.05, 0.1) is 9.26 Å². The van der Waals surface area contributed by atoms with E-state index in [0.29, 0.717) is 16.5 Å². The molecule has 1 fully saturated rings. The molecule has 0 N–H and O–H groups in total. The summed E-state index contributed by atoms with van der Waals surface area (Å²) in [6, 6.07) is 0. The largest absolute Gasteiger partial charge is 0.236 e. The van der Waals surface area contributed by atoms with Gasteiger partial charge in [0.1, 0.15) is 11.0 Å². The van der Waals surface area contributed by atoms with Gasteiger partial charge in [-0.2, -0.15) is 0 Å². The molecule has 0 radical (unpaired) electrons. The van der Waals surface area contributed by atoms with Gasteiger partial charge in [0, 0.05) is 5.92 Å². The van der Waals surface area contributed by atoms with Crippen molar-refractivity contribution in [2.75, 3.05) is 0 Å². The fraction of sp³-hybridized carbons (Fsp3) is 0.733. The third kappa shape index (κ3) is 3.81. The molecule has 106 valence electrons. The highest BCUT2D eigenvalue weighted by Crippen LogP contribution is 2.41. The highest BCUT2D eigenvalue weighted by molar-refractivity contribution is 14.1. The smallest absolute Gasteiger partial charge is 0.146 e. The highest BCUT2D eigenvalue weighted by Gasteiger charge is 2.29. The van der Waals surface area contributed by atoms with Crippen LogP contribution in [0.4, 0.5) is 0 Å². The molecule has 0 atom stereocenters. The molecular weight excluding hydrogens is 371 g/mol. The van der Waals surface area contributed by atoms with E-state index in [4.69, 9.17) is 16.6 Å². The van der Waals surface area contributed by atoms with Crippen LogP contribution in [-0.2, 0) is 6.42 Å². The molecule has 0 aromatic carbocycles. The van der Waals surface area contributed by atoms with Crippen molar-refractivity contribution in [1.82, 2.24) is 9.97 Å². The molecule has 0 spiro atoms. The van der Waals surface area contributed by atoms with Crippen LogP contribution >= 0.6 is 34.2 Å². The fourth-order valence-corrected chi connectivity index (χ4v) is 3.43. The van der Waals surface area contributed by atoms with Crippen molar-refractivity contribution in [3.8, 4) is 0 Å². The Bertz CT molecular complexity index is 450. The lowest BCUT2D eigenvalue weighted by Crippen LogP contribution is -2.22. The van der Waals surface area contributed by atoms with Gasteiger partial charge < -0.3 is 0 Å². The minimum Gasteiger partial charge on any atom is -0.236 e. The number of aryl methyl sites for hydroxylation is 1. The number of aromatic nitrogens is 2. The van der Waals surface area contributed by atoms with Crippen molar-refractivity contribution in [2.45, 2.75) is 65.2 Å². The fourth-order valence-electron chi connectivity index (χ4n) is 2.72. The summed E-state index contributed by atoms with van der Waals surface area (Å²) in [5.41, 5.74) is 1.61. The Labute approximate surface area is 134 Å². The van der Waals surface area contributed by atoms with Gasteiger partial charge >= 0.3 is 0 Å². The predicted octanol–water partition coefficient (Wildman–Crippen LogP) is 5.37. The van der Waals surface area contributed by atoms with Crippen LogP contribution in [0.1, 0.15) is 70.3 Å². The first-order valence-corrected chi connectivity index (χ1v) is 8.60. The number of hydrogen-bond donors (Lipinski definition) is 0. The lowest BCUT2D eigenvalue weighted by atomic mass is 9.73. The first-order valence-electron chi connectivity index (χ1n) is 7.15. The van der Waals surface area contributed by atoms with E-state index in [1.54, 1.807) is 0 Å². The maximum Gasteiger partial charge on any atom is 0.146 e. The Morgan fingerprint density at radius 1 is 1.26 bits per heavy atom. The van der Waals surface area contributed by atoms with Gasteiger partial charge in [-0.25, -0.2) is 9.97 Å². The number of rotatable bonds is 3. The molecule has 0 bridgehead atoms. The van der Waals surface area contributed by atoms with Crippen molar-refractivity contribution < 1.29 is 0 Å². The van der Waals surface area contributed by atoms with E-state index in [1.165, 1.54) is 25.7 Å². The molecule has 0 amide bonds. The molecule has 1 heterocycles. The SMILES string of the molecule is CCCc1nc(C2CCC(C)(C)CC2)nc(Cl)c1I. The van der Waals surface area contributed by atoms with E-state index < -0.39 is 0 Å². The summed E-state index contributed by atoms with van der Waals surface area (Å²) in [6.45, 7) is 6.88. The van der Waals surface area contributed by atoms with Crippen molar-refractivity contribution in [1.29, 1.82) is 0 Å². The van der Waals surface area contributed by atoms with Gasteiger partial charge in [0.2, 0.25) is 0 Å². The monoisotopic (exact) mass is 392 g/mol. The Hall–Kier alpha value is 0.100. The summed E-state index contributed by atoms with van der Waals surface area (Å²) >= 11 is 8.54. The van der Waals surface area contributed by atoms with Crippen LogP contribution < -0.4 is 0 Å². The van der Waals surface area contributed by atoms with Crippen molar-refractivity contribution >= 4 is 34.2 Å². The zero-order valence-electron chi connectivity index (χ0n) is 12.0. The minimum absolute atomic E-state index is 0.482. The first kappa shape index (κ1) is 15.5. The van der Waals surface area contributed by atoms with Crippen molar-refractivity contribution in [3.05, 3.63) is 20.2 Å². The third-order valence-electron chi connectivity index (χ3n) is 4.09. The summed E-state index contributed by atoms with van der Waals surface area (Å²) in [7, 11) is 0. The zero-order valence-corrected chi connectivity index (χ0v) is 14.9. The van der Waals surface area contributed by atoms with Gasteiger partial charge in [-0.05, 0) is 60.1 Å². The van der Waals surface area contributed by atoms with Gasteiger partial charge in [-0.3, -0.25) is 0 Å². The first-order chi connectivity index (χ1) is 8.93. The van der Waals surface area contributed by atoms with E-state index in [-0.39, 0.29) is 0 Å². The summed E-state index contributed by atoms with van der Waals surface area (Å²) in [5.74, 6) is 1.47. The molecule has 2 rings (SSSR count). The molecule has 1 saturated carbocycles. The van der Waals surface area contributed by atoms with Crippen LogP contribution in [-0.4, -0.2) is 9.97 Å². The lowest BCUT2D eigenvalue weighted by Gasteiger charge is -2.33. The van der Waals surface area contributed by atoms with Crippen LogP contribution in [0.2, 0.25) is 5.15 Å². The average molecular weight is 393 g/mol. The Balaban J connectivity index is 2.21. The van der Waals surface area contributed by atoms with E-state index >= 15 is 0 Å². The summed E-state index contributed by atoms with van der Waals surface area (Å²) < 4.78 is 1.03. The molecule has 1 aromatic heterocycles. The molecular formula is C15H22ClIN2. The molecule has 19 heavy (non-hydrogen) atoms. The number of hydrogen-bond acceptors (Lipinski definition) is 2. The van der Waals surface area contributed by atoms with E-state index in [2.05, 4.69) is 48.3 Å². The van der Waals surface area contributed by atoms with E-state index in [1.807, 2.05) is 0 Å². The van der Waals surface area contributed by atoms with Crippen molar-refractivity contribution in [2.24, 2.45) is 5.41 Å². The van der Waals surface area contributed by atoms with E-state index in [0.717, 1.165) is 27.9 Å². The molecule has 2 nitrogen and oxygen atoms in total. The van der Waals surface area contributed by atoms with Crippen LogP contribution in [0.5, 0.6) is 0 Å². The molecule has 1 aliphatic rings. The van der Waals surface area contributed by atoms with E-state index in [9.17, 15) is 0 Å². The quantitative estimate of drug-likeness (QED) is 0.510. The van der Waals surface area contributed by atoms with Gasteiger partial charge in [0.25, 0.3) is 0 Å². The third-order valence-corrected chi connectivity index (χ3v) is 5.81. The Kier molecular flexibility index (Phi) is 5.09. The normalized spacial score (nSPS) is 19.6. The second kappa shape index (κ2) is 6.25. The van der Waals surface area contributed by atoms with Gasteiger partial charge in [0.15, 0.2) is 0 Å². The topological polar surface area (TPSA) is 25.8 Å².